The second-order valence-electron chi connectivity index (χ2n) is 5.49. The summed E-state index contributed by atoms with van der Waals surface area (Å²) in [5.41, 5.74) is 1.25. The number of carbonyl (C=O) groups is 2. The Bertz CT molecular complexity index is 633. The lowest BCUT2D eigenvalue weighted by molar-refractivity contribution is -0.139. The van der Waals surface area contributed by atoms with Crippen LogP contribution in [0.4, 0.5) is 0 Å². The first-order valence-electron chi connectivity index (χ1n) is 7.11. The highest BCUT2D eigenvalue weighted by atomic mass is 16.4. The van der Waals surface area contributed by atoms with Crippen molar-refractivity contribution in [2.45, 2.75) is 26.3 Å². The van der Waals surface area contributed by atoms with Crippen LogP contribution in [0.3, 0.4) is 0 Å². The van der Waals surface area contributed by atoms with Crippen molar-refractivity contribution in [2.24, 2.45) is 5.92 Å². The topological polar surface area (TPSA) is 84.2 Å². The van der Waals surface area contributed by atoms with Crippen molar-refractivity contribution in [3.8, 4) is 5.69 Å². The number of carboxylic acids is 1. The summed E-state index contributed by atoms with van der Waals surface area (Å²) in [6.45, 7) is 3.84. The standard InChI is InChI=1S/C16H19N3O3/c1-11(2)10-14(16(21)22)18-15(20)12-4-6-13(7-5-12)19-9-3-8-17-19/h3-9,11,14H,10H2,1-2H3,(H,18,20)(H,21,22)/t14-/m1/s1. The lowest BCUT2D eigenvalue weighted by Crippen LogP contribution is -2.41. The van der Waals surface area contributed by atoms with Gasteiger partial charge in [0.1, 0.15) is 6.04 Å². The summed E-state index contributed by atoms with van der Waals surface area (Å²) in [6, 6.07) is 7.77. The Kier molecular flexibility index (Phi) is 4.93. The average Bonchev–Trinajstić information content (AvgIpc) is 3.00. The van der Waals surface area contributed by atoms with Gasteiger partial charge in [0.05, 0.1) is 5.69 Å². The van der Waals surface area contributed by atoms with Gasteiger partial charge < -0.3 is 10.4 Å². The molecule has 0 unspecified atom stereocenters. The van der Waals surface area contributed by atoms with E-state index in [2.05, 4.69) is 10.4 Å². The molecule has 0 radical (unpaired) electrons. The highest BCUT2D eigenvalue weighted by Crippen LogP contribution is 2.10. The van der Waals surface area contributed by atoms with Gasteiger partial charge in [-0.1, -0.05) is 13.8 Å². The van der Waals surface area contributed by atoms with Crippen molar-refractivity contribution >= 4 is 11.9 Å². The van der Waals surface area contributed by atoms with Gasteiger partial charge in [-0.25, -0.2) is 9.48 Å². The first kappa shape index (κ1) is 15.8. The van der Waals surface area contributed by atoms with Gasteiger partial charge in [0, 0.05) is 18.0 Å². The lowest BCUT2D eigenvalue weighted by Gasteiger charge is -2.16. The Morgan fingerprint density at radius 2 is 1.95 bits per heavy atom. The fourth-order valence-electron chi connectivity index (χ4n) is 2.12. The second kappa shape index (κ2) is 6.89. The summed E-state index contributed by atoms with van der Waals surface area (Å²) < 4.78 is 1.68. The quantitative estimate of drug-likeness (QED) is 0.855. The normalized spacial score (nSPS) is 12.1. The van der Waals surface area contributed by atoms with E-state index in [1.165, 1.54) is 0 Å². The molecule has 1 aromatic heterocycles. The molecule has 6 nitrogen and oxygen atoms in total. The molecule has 0 aliphatic heterocycles. The molecule has 0 saturated heterocycles. The smallest absolute Gasteiger partial charge is 0.326 e. The number of nitrogens with zero attached hydrogens (tertiary/aromatic N) is 2. The number of rotatable bonds is 6. The zero-order valence-electron chi connectivity index (χ0n) is 12.6. The van der Waals surface area contributed by atoms with Crippen LogP contribution in [-0.2, 0) is 4.79 Å². The summed E-state index contributed by atoms with van der Waals surface area (Å²) in [7, 11) is 0. The molecule has 1 heterocycles. The van der Waals surface area contributed by atoms with Crippen LogP contribution in [0, 0.1) is 5.92 Å². The van der Waals surface area contributed by atoms with E-state index in [1.807, 2.05) is 19.9 Å². The maximum atomic E-state index is 12.1. The number of aliphatic carboxylic acids is 1. The molecule has 1 atom stereocenters. The predicted octanol–water partition coefficient (Wildman–Crippen LogP) is 2.10. The Balaban J connectivity index is 2.07. The summed E-state index contributed by atoms with van der Waals surface area (Å²) in [5.74, 6) is -1.22. The van der Waals surface area contributed by atoms with E-state index in [9.17, 15) is 9.59 Å². The van der Waals surface area contributed by atoms with Crippen molar-refractivity contribution in [3.05, 3.63) is 48.3 Å². The number of benzene rings is 1. The van der Waals surface area contributed by atoms with Gasteiger partial charge in [0.2, 0.25) is 0 Å². The minimum absolute atomic E-state index is 0.184. The van der Waals surface area contributed by atoms with Gasteiger partial charge in [0.25, 0.3) is 5.91 Å². The van der Waals surface area contributed by atoms with Crippen LogP contribution in [0.25, 0.3) is 5.69 Å². The first-order valence-corrected chi connectivity index (χ1v) is 7.11. The molecular weight excluding hydrogens is 282 g/mol. The minimum atomic E-state index is -1.02. The van der Waals surface area contributed by atoms with Crippen LogP contribution in [0.5, 0.6) is 0 Å². The average molecular weight is 301 g/mol. The minimum Gasteiger partial charge on any atom is -0.480 e. The zero-order chi connectivity index (χ0) is 16.1. The number of amides is 1. The van der Waals surface area contributed by atoms with Gasteiger partial charge in [0.15, 0.2) is 0 Å². The molecule has 2 aromatic rings. The molecular formula is C16H19N3O3. The number of carboxylic acid groups (broad SMARTS) is 1. The van der Waals surface area contributed by atoms with Crippen LogP contribution >= 0.6 is 0 Å². The predicted molar refractivity (Wildman–Crippen MR) is 81.9 cm³/mol. The summed E-state index contributed by atoms with van der Waals surface area (Å²) in [6.07, 6.45) is 3.87. The Morgan fingerprint density at radius 1 is 1.27 bits per heavy atom. The Labute approximate surface area is 128 Å². The van der Waals surface area contributed by atoms with Crippen molar-refractivity contribution in [1.82, 2.24) is 15.1 Å². The molecule has 0 aliphatic carbocycles. The van der Waals surface area contributed by atoms with Crippen molar-refractivity contribution in [3.63, 3.8) is 0 Å². The van der Waals surface area contributed by atoms with Gasteiger partial charge in [-0.2, -0.15) is 5.10 Å². The molecule has 0 aliphatic rings. The van der Waals surface area contributed by atoms with Crippen molar-refractivity contribution in [2.75, 3.05) is 0 Å². The van der Waals surface area contributed by atoms with E-state index in [0.717, 1.165) is 5.69 Å². The summed E-state index contributed by atoms with van der Waals surface area (Å²) in [5, 5.41) is 15.8. The van der Waals surface area contributed by atoms with Crippen LogP contribution in [0.1, 0.15) is 30.6 Å². The Morgan fingerprint density at radius 3 is 2.45 bits per heavy atom. The monoisotopic (exact) mass is 301 g/mol. The van der Waals surface area contributed by atoms with E-state index >= 15 is 0 Å². The number of nitrogens with one attached hydrogen (secondary N) is 1. The van der Waals surface area contributed by atoms with E-state index in [1.54, 1.807) is 41.3 Å². The van der Waals surface area contributed by atoms with Crippen molar-refractivity contribution < 1.29 is 14.7 Å². The number of aromatic nitrogens is 2. The number of hydrogen-bond donors (Lipinski definition) is 2. The van der Waals surface area contributed by atoms with E-state index < -0.39 is 12.0 Å². The molecule has 2 N–H and O–H groups in total. The highest BCUT2D eigenvalue weighted by molar-refractivity contribution is 5.96. The van der Waals surface area contributed by atoms with Crippen LogP contribution in [-0.4, -0.2) is 32.8 Å². The van der Waals surface area contributed by atoms with Gasteiger partial charge in [-0.3, -0.25) is 4.79 Å². The molecule has 0 spiro atoms. The van der Waals surface area contributed by atoms with Crippen LogP contribution in [0.15, 0.2) is 42.7 Å². The third kappa shape index (κ3) is 3.94. The fourth-order valence-corrected chi connectivity index (χ4v) is 2.12. The molecule has 2 rings (SSSR count). The van der Waals surface area contributed by atoms with Gasteiger partial charge >= 0.3 is 5.97 Å². The Hall–Kier alpha value is -2.63. The molecule has 0 saturated carbocycles. The van der Waals surface area contributed by atoms with Crippen molar-refractivity contribution in [1.29, 1.82) is 0 Å². The van der Waals surface area contributed by atoms with Crippen LogP contribution < -0.4 is 5.32 Å². The fraction of sp³-hybridized carbons (Fsp3) is 0.312. The van der Waals surface area contributed by atoms with Gasteiger partial charge in [-0.15, -0.1) is 0 Å². The van der Waals surface area contributed by atoms with Crippen LogP contribution in [0.2, 0.25) is 0 Å². The molecule has 0 fully saturated rings. The van der Waals surface area contributed by atoms with E-state index in [-0.39, 0.29) is 11.8 Å². The molecule has 0 bridgehead atoms. The number of carbonyl (C=O) groups excluding carboxylic acids is 1. The van der Waals surface area contributed by atoms with E-state index in [4.69, 9.17) is 5.11 Å². The molecule has 116 valence electrons. The van der Waals surface area contributed by atoms with E-state index in [0.29, 0.717) is 12.0 Å². The maximum Gasteiger partial charge on any atom is 0.326 e. The molecule has 22 heavy (non-hydrogen) atoms. The SMILES string of the molecule is CC(C)C[C@@H](NC(=O)c1ccc(-n2cccn2)cc1)C(=O)O. The number of hydrogen-bond acceptors (Lipinski definition) is 3. The molecule has 6 heteroatoms. The summed E-state index contributed by atoms with van der Waals surface area (Å²) >= 11 is 0. The third-order valence-corrected chi connectivity index (χ3v) is 3.21. The second-order valence-corrected chi connectivity index (χ2v) is 5.49. The highest BCUT2D eigenvalue weighted by Gasteiger charge is 2.21. The third-order valence-electron chi connectivity index (χ3n) is 3.21. The maximum absolute atomic E-state index is 12.1. The summed E-state index contributed by atoms with van der Waals surface area (Å²) in [4.78, 5) is 23.3. The first-order chi connectivity index (χ1) is 10.5. The molecule has 1 aromatic carbocycles. The largest absolute Gasteiger partial charge is 0.480 e. The van der Waals surface area contributed by atoms with Gasteiger partial charge in [-0.05, 0) is 42.7 Å². The molecule has 1 amide bonds. The lowest BCUT2D eigenvalue weighted by atomic mass is 10.0. The zero-order valence-corrected chi connectivity index (χ0v) is 12.6.